The fourth-order valence-corrected chi connectivity index (χ4v) is 2.77. The molecule has 1 amide bonds. The molecule has 0 saturated carbocycles. The molecule has 1 saturated heterocycles. The fraction of sp³-hybridized carbons (Fsp3) is 0.615. The summed E-state index contributed by atoms with van der Waals surface area (Å²) in [7, 11) is 0. The van der Waals surface area contributed by atoms with Crippen LogP contribution in [0.1, 0.15) is 41.2 Å². The van der Waals surface area contributed by atoms with Gasteiger partial charge in [0.1, 0.15) is 4.88 Å². The van der Waals surface area contributed by atoms with Crippen molar-refractivity contribution in [2.75, 3.05) is 26.2 Å². The zero-order valence-corrected chi connectivity index (χ0v) is 13.4. The molecule has 0 unspecified atom stereocenters. The van der Waals surface area contributed by atoms with Crippen molar-refractivity contribution in [3.63, 3.8) is 0 Å². The summed E-state index contributed by atoms with van der Waals surface area (Å²) in [6, 6.07) is 0. The van der Waals surface area contributed by atoms with Crippen molar-refractivity contribution in [3.8, 4) is 0 Å². The van der Waals surface area contributed by atoms with Gasteiger partial charge in [-0.3, -0.25) is 9.69 Å². The molecular formula is C13H18N6O2S. The molecule has 2 aromatic rings. The van der Waals surface area contributed by atoms with Crippen molar-refractivity contribution in [1.29, 1.82) is 0 Å². The molecule has 118 valence electrons. The second kappa shape index (κ2) is 6.49. The lowest BCUT2D eigenvalue weighted by Crippen LogP contribution is -2.48. The Morgan fingerprint density at radius 3 is 2.73 bits per heavy atom. The summed E-state index contributed by atoms with van der Waals surface area (Å²) in [5.74, 6) is 1.64. The first-order valence-corrected chi connectivity index (χ1v) is 8.02. The Labute approximate surface area is 132 Å². The third-order valence-electron chi connectivity index (χ3n) is 3.59. The minimum atomic E-state index is 0.00883. The largest absolute Gasteiger partial charge is 0.338 e. The number of carbonyl (C=O) groups is 1. The van der Waals surface area contributed by atoms with E-state index in [-0.39, 0.29) is 11.8 Å². The fourth-order valence-electron chi connectivity index (χ4n) is 2.28. The van der Waals surface area contributed by atoms with Gasteiger partial charge in [-0.1, -0.05) is 23.5 Å². The average Bonchev–Trinajstić information content (AvgIpc) is 3.19. The topological polar surface area (TPSA) is 88.3 Å². The first-order chi connectivity index (χ1) is 10.6. The van der Waals surface area contributed by atoms with E-state index in [9.17, 15) is 4.79 Å². The summed E-state index contributed by atoms with van der Waals surface area (Å²) in [6.07, 6.45) is 1.52. The Hall–Kier alpha value is -1.87. The first-order valence-electron chi connectivity index (χ1n) is 7.25. The van der Waals surface area contributed by atoms with Crippen LogP contribution < -0.4 is 0 Å². The maximum absolute atomic E-state index is 12.2. The molecule has 1 aliphatic heterocycles. The minimum Gasteiger partial charge on any atom is -0.338 e. The van der Waals surface area contributed by atoms with Gasteiger partial charge in [0.2, 0.25) is 5.89 Å². The van der Waals surface area contributed by atoms with Gasteiger partial charge in [0, 0.05) is 32.1 Å². The number of carbonyl (C=O) groups excluding carboxylic acids is 1. The van der Waals surface area contributed by atoms with Crippen LogP contribution >= 0.6 is 11.5 Å². The molecule has 3 rings (SSSR count). The molecule has 2 aromatic heterocycles. The number of amides is 1. The van der Waals surface area contributed by atoms with Gasteiger partial charge in [-0.25, -0.2) is 0 Å². The molecule has 22 heavy (non-hydrogen) atoms. The zero-order chi connectivity index (χ0) is 15.5. The van der Waals surface area contributed by atoms with Gasteiger partial charge in [0.15, 0.2) is 5.82 Å². The number of hydrogen-bond acceptors (Lipinski definition) is 8. The molecule has 3 heterocycles. The summed E-state index contributed by atoms with van der Waals surface area (Å²) in [5.41, 5.74) is 0. The van der Waals surface area contributed by atoms with E-state index in [0.717, 1.165) is 30.4 Å². The molecule has 9 heteroatoms. The quantitative estimate of drug-likeness (QED) is 0.829. The molecule has 0 radical (unpaired) electrons. The minimum absolute atomic E-state index is 0.00883. The summed E-state index contributed by atoms with van der Waals surface area (Å²) in [4.78, 5) is 21.2. The Kier molecular flexibility index (Phi) is 4.44. The van der Waals surface area contributed by atoms with Gasteiger partial charge in [-0.15, -0.1) is 5.10 Å². The molecule has 0 N–H and O–H groups in total. The first kappa shape index (κ1) is 15.0. The van der Waals surface area contributed by atoms with Gasteiger partial charge >= 0.3 is 0 Å². The second-order valence-corrected chi connectivity index (χ2v) is 6.34. The van der Waals surface area contributed by atoms with Gasteiger partial charge in [-0.05, 0) is 11.5 Å². The van der Waals surface area contributed by atoms with E-state index in [2.05, 4.69) is 24.6 Å². The lowest BCUT2D eigenvalue weighted by atomic mass is 10.2. The summed E-state index contributed by atoms with van der Waals surface area (Å²) >= 11 is 1.13. The summed E-state index contributed by atoms with van der Waals surface area (Å²) in [6.45, 7) is 7.64. The van der Waals surface area contributed by atoms with Gasteiger partial charge < -0.3 is 9.42 Å². The Morgan fingerprint density at radius 1 is 1.36 bits per heavy atom. The van der Waals surface area contributed by atoms with Crippen molar-refractivity contribution >= 4 is 17.4 Å². The number of aromatic nitrogens is 4. The van der Waals surface area contributed by atoms with Crippen LogP contribution in [0.25, 0.3) is 0 Å². The summed E-state index contributed by atoms with van der Waals surface area (Å²) in [5, 5.41) is 7.68. The highest BCUT2D eigenvalue weighted by Gasteiger charge is 2.24. The van der Waals surface area contributed by atoms with Crippen LogP contribution in [0, 0.1) is 0 Å². The van der Waals surface area contributed by atoms with Crippen molar-refractivity contribution in [2.24, 2.45) is 0 Å². The highest BCUT2D eigenvalue weighted by molar-refractivity contribution is 7.07. The van der Waals surface area contributed by atoms with E-state index < -0.39 is 0 Å². The van der Waals surface area contributed by atoms with Gasteiger partial charge in [0.25, 0.3) is 5.91 Å². The monoisotopic (exact) mass is 322 g/mol. The smallest absolute Gasteiger partial charge is 0.267 e. The molecule has 0 aliphatic carbocycles. The molecule has 1 aliphatic rings. The summed E-state index contributed by atoms with van der Waals surface area (Å²) < 4.78 is 9.00. The normalized spacial score (nSPS) is 16.4. The van der Waals surface area contributed by atoms with Crippen LogP contribution in [0.5, 0.6) is 0 Å². The van der Waals surface area contributed by atoms with E-state index in [1.807, 2.05) is 18.7 Å². The van der Waals surface area contributed by atoms with Crippen LogP contribution in [0.4, 0.5) is 0 Å². The Morgan fingerprint density at radius 2 is 2.14 bits per heavy atom. The van der Waals surface area contributed by atoms with Crippen molar-refractivity contribution in [3.05, 3.63) is 22.8 Å². The lowest BCUT2D eigenvalue weighted by molar-refractivity contribution is 0.0619. The predicted molar refractivity (Wildman–Crippen MR) is 79.5 cm³/mol. The highest BCUT2D eigenvalue weighted by Crippen LogP contribution is 2.14. The van der Waals surface area contributed by atoms with Gasteiger partial charge in [0.05, 0.1) is 12.7 Å². The van der Waals surface area contributed by atoms with Crippen LogP contribution in [-0.4, -0.2) is 61.6 Å². The number of piperazine rings is 1. The molecule has 0 bridgehead atoms. The second-order valence-electron chi connectivity index (χ2n) is 5.55. The number of hydrogen-bond donors (Lipinski definition) is 0. The van der Waals surface area contributed by atoms with Crippen molar-refractivity contribution in [2.45, 2.75) is 26.3 Å². The molecule has 8 nitrogen and oxygen atoms in total. The maximum atomic E-state index is 12.2. The molecule has 0 atom stereocenters. The SMILES string of the molecule is CC(C)c1noc(CN2CCN(C(=O)c3cnns3)CC2)n1. The molecular weight excluding hydrogens is 304 g/mol. The standard InChI is InChI=1S/C13H18N6O2S/c1-9(2)12-15-11(21-16-12)8-18-3-5-19(6-4-18)13(20)10-7-14-17-22-10/h7,9H,3-6,8H2,1-2H3. The van der Waals surface area contributed by atoms with Crippen LogP contribution in [0.2, 0.25) is 0 Å². The number of nitrogens with zero attached hydrogens (tertiary/aromatic N) is 6. The van der Waals surface area contributed by atoms with E-state index in [4.69, 9.17) is 4.52 Å². The van der Waals surface area contributed by atoms with Crippen molar-refractivity contribution < 1.29 is 9.32 Å². The third kappa shape index (κ3) is 3.30. The van der Waals surface area contributed by atoms with Crippen LogP contribution in [0.15, 0.2) is 10.7 Å². The van der Waals surface area contributed by atoms with E-state index in [1.54, 1.807) is 0 Å². The van der Waals surface area contributed by atoms with E-state index in [1.165, 1.54) is 6.20 Å². The van der Waals surface area contributed by atoms with Crippen LogP contribution in [0.3, 0.4) is 0 Å². The van der Waals surface area contributed by atoms with E-state index >= 15 is 0 Å². The molecule has 0 aromatic carbocycles. The highest BCUT2D eigenvalue weighted by atomic mass is 32.1. The Bertz CT molecular complexity index is 618. The molecule has 1 fully saturated rings. The van der Waals surface area contributed by atoms with E-state index in [0.29, 0.717) is 30.4 Å². The Balaban J connectivity index is 1.52. The predicted octanol–water partition coefficient (Wildman–Crippen LogP) is 1.00. The maximum Gasteiger partial charge on any atom is 0.267 e. The number of rotatable bonds is 4. The zero-order valence-electron chi connectivity index (χ0n) is 12.6. The van der Waals surface area contributed by atoms with Crippen molar-refractivity contribution in [1.82, 2.24) is 29.5 Å². The lowest BCUT2D eigenvalue weighted by Gasteiger charge is -2.33. The third-order valence-corrected chi connectivity index (χ3v) is 4.24. The van der Waals surface area contributed by atoms with Crippen LogP contribution in [-0.2, 0) is 6.54 Å². The molecule has 0 spiro atoms. The van der Waals surface area contributed by atoms with Gasteiger partial charge in [-0.2, -0.15) is 4.98 Å². The average molecular weight is 322 g/mol.